The van der Waals surface area contributed by atoms with Crippen LogP contribution in [0, 0.1) is 11.8 Å². The number of benzene rings is 2. The van der Waals surface area contributed by atoms with Gasteiger partial charge in [0.1, 0.15) is 24.4 Å². The molecule has 12 heteroatoms. The van der Waals surface area contributed by atoms with Gasteiger partial charge in [0.15, 0.2) is 23.0 Å². The van der Waals surface area contributed by atoms with E-state index in [1.807, 2.05) is 18.2 Å². The summed E-state index contributed by atoms with van der Waals surface area (Å²) < 4.78 is 38.6. The highest BCUT2D eigenvalue weighted by atomic mass is 16.7. The molecule has 212 valence electrons. The van der Waals surface area contributed by atoms with E-state index in [1.54, 1.807) is 12.1 Å². The van der Waals surface area contributed by atoms with Crippen LogP contribution >= 0.6 is 0 Å². The number of hydrogen-bond acceptors (Lipinski definition) is 12. The summed E-state index contributed by atoms with van der Waals surface area (Å²) in [4.78, 5) is 12.7. The maximum atomic E-state index is 12.7. The van der Waals surface area contributed by atoms with E-state index in [-0.39, 0.29) is 36.8 Å². The summed E-state index contributed by atoms with van der Waals surface area (Å²) in [6, 6.07) is 9.05. The number of fused-ring (bicyclic) bond motifs is 1. The predicted octanol–water partition coefficient (Wildman–Crippen LogP) is 0.186. The van der Waals surface area contributed by atoms with Crippen LogP contribution in [0.25, 0.3) is 0 Å². The summed E-state index contributed by atoms with van der Waals surface area (Å²) >= 11 is 0. The number of carbonyl (C=O) groups is 1. The Morgan fingerprint density at radius 2 is 1.64 bits per heavy atom. The Balaban J connectivity index is 1.37. The van der Waals surface area contributed by atoms with Crippen molar-refractivity contribution in [3.63, 3.8) is 0 Å². The number of methoxy groups -OCH3 is 2. The molecule has 4 N–H and O–H groups in total. The molecule has 39 heavy (non-hydrogen) atoms. The first-order valence-electron chi connectivity index (χ1n) is 12.6. The lowest BCUT2D eigenvalue weighted by atomic mass is 9.85. The molecule has 7 atom stereocenters. The lowest BCUT2D eigenvalue weighted by Gasteiger charge is -2.39. The molecule has 0 bridgehead atoms. The van der Waals surface area contributed by atoms with Crippen LogP contribution in [0.1, 0.15) is 11.1 Å². The van der Waals surface area contributed by atoms with Crippen LogP contribution in [0.4, 0.5) is 0 Å². The highest BCUT2D eigenvalue weighted by Crippen LogP contribution is 2.42. The summed E-state index contributed by atoms with van der Waals surface area (Å²) in [5.41, 5.74) is 1.67. The fraction of sp³-hybridized carbons (Fsp3) is 0.519. The van der Waals surface area contributed by atoms with Crippen LogP contribution in [0.2, 0.25) is 0 Å². The van der Waals surface area contributed by atoms with E-state index in [2.05, 4.69) is 0 Å². The van der Waals surface area contributed by atoms with Gasteiger partial charge in [-0.05, 0) is 48.2 Å². The first kappa shape index (κ1) is 27.3. The summed E-state index contributed by atoms with van der Waals surface area (Å²) in [5, 5.41) is 40.2. The van der Waals surface area contributed by atoms with E-state index in [9.17, 15) is 25.2 Å². The molecule has 0 aliphatic carbocycles. The highest BCUT2D eigenvalue weighted by molar-refractivity contribution is 5.75. The maximum absolute atomic E-state index is 12.7. The van der Waals surface area contributed by atoms with Gasteiger partial charge in [0.25, 0.3) is 0 Å². The maximum Gasteiger partial charge on any atom is 0.309 e. The van der Waals surface area contributed by atoms with Gasteiger partial charge in [-0.25, -0.2) is 0 Å². The molecule has 3 aliphatic heterocycles. The predicted molar refractivity (Wildman–Crippen MR) is 132 cm³/mol. The molecular weight excluding hydrogens is 516 g/mol. The van der Waals surface area contributed by atoms with Gasteiger partial charge in [0.2, 0.25) is 18.8 Å². The van der Waals surface area contributed by atoms with Crippen LogP contribution in [0.15, 0.2) is 30.3 Å². The van der Waals surface area contributed by atoms with Crippen molar-refractivity contribution in [3.05, 3.63) is 41.5 Å². The lowest BCUT2D eigenvalue weighted by molar-refractivity contribution is -0.277. The van der Waals surface area contributed by atoms with Crippen LogP contribution in [-0.2, 0) is 27.1 Å². The Bertz CT molecular complexity index is 1180. The van der Waals surface area contributed by atoms with Crippen molar-refractivity contribution < 1.29 is 58.4 Å². The number of ether oxygens (including phenoxy) is 7. The average molecular weight is 549 g/mol. The molecular formula is C27H32O12. The average Bonchev–Trinajstić information content (AvgIpc) is 3.55. The minimum atomic E-state index is -1.61. The van der Waals surface area contributed by atoms with Gasteiger partial charge in [0, 0.05) is 5.92 Å². The molecule has 2 aromatic carbocycles. The summed E-state index contributed by atoms with van der Waals surface area (Å²) in [7, 11) is 2.86. The van der Waals surface area contributed by atoms with Crippen molar-refractivity contribution in [1.82, 2.24) is 0 Å². The zero-order valence-electron chi connectivity index (χ0n) is 21.5. The molecule has 2 saturated heterocycles. The summed E-state index contributed by atoms with van der Waals surface area (Å²) in [6.45, 7) is -0.140. The summed E-state index contributed by atoms with van der Waals surface area (Å²) in [5.74, 6) is 1.13. The van der Waals surface area contributed by atoms with Gasteiger partial charge < -0.3 is 53.6 Å². The van der Waals surface area contributed by atoms with E-state index in [0.717, 1.165) is 5.56 Å². The normalized spacial score (nSPS) is 29.7. The largest absolute Gasteiger partial charge is 0.493 e. The zero-order valence-corrected chi connectivity index (χ0v) is 21.5. The van der Waals surface area contributed by atoms with Crippen LogP contribution in [0.5, 0.6) is 28.7 Å². The van der Waals surface area contributed by atoms with Crippen molar-refractivity contribution >= 4 is 5.97 Å². The number of carbonyl (C=O) groups excluding carboxylic acids is 1. The molecule has 2 aromatic rings. The van der Waals surface area contributed by atoms with Crippen molar-refractivity contribution in [2.24, 2.45) is 11.8 Å². The molecule has 0 saturated carbocycles. The molecule has 3 aliphatic rings. The smallest absolute Gasteiger partial charge is 0.309 e. The second kappa shape index (κ2) is 11.4. The van der Waals surface area contributed by atoms with Gasteiger partial charge >= 0.3 is 5.97 Å². The van der Waals surface area contributed by atoms with Gasteiger partial charge in [-0.1, -0.05) is 6.07 Å². The van der Waals surface area contributed by atoms with E-state index < -0.39 is 43.2 Å². The molecule has 0 aromatic heterocycles. The Morgan fingerprint density at radius 1 is 0.872 bits per heavy atom. The van der Waals surface area contributed by atoms with Gasteiger partial charge in [0.05, 0.1) is 33.4 Å². The van der Waals surface area contributed by atoms with Gasteiger partial charge in [-0.15, -0.1) is 0 Å². The number of aliphatic hydroxyl groups excluding tert-OH is 4. The van der Waals surface area contributed by atoms with Crippen molar-refractivity contribution in [2.75, 3.05) is 34.2 Å². The van der Waals surface area contributed by atoms with E-state index >= 15 is 0 Å². The molecule has 5 rings (SSSR count). The Labute approximate surface area is 224 Å². The number of cyclic esters (lactones) is 1. The number of aliphatic hydroxyl groups is 4. The molecule has 12 nitrogen and oxygen atoms in total. The number of esters is 1. The first-order valence-corrected chi connectivity index (χ1v) is 12.6. The second-order valence-electron chi connectivity index (χ2n) is 9.74. The van der Waals surface area contributed by atoms with E-state index in [0.29, 0.717) is 35.7 Å². The van der Waals surface area contributed by atoms with Crippen LogP contribution in [0.3, 0.4) is 0 Å². The lowest BCUT2D eigenvalue weighted by Crippen LogP contribution is -2.60. The quantitative estimate of drug-likeness (QED) is 0.315. The molecule has 7 unspecified atom stereocenters. The van der Waals surface area contributed by atoms with Gasteiger partial charge in [-0.2, -0.15) is 0 Å². The molecule has 0 spiro atoms. The van der Waals surface area contributed by atoms with E-state index in [1.165, 1.54) is 14.2 Å². The Morgan fingerprint density at radius 3 is 2.38 bits per heavy atom. The standard InChI is InChI=1S/C27H32O12/c1-33-19-8-14(9-20(25(19)34-2)38-27-24(31)23(30)22(29)21(10-28)39-27)6-16-15(11-35-26(16)32)5-13-3-4-17-18(7-13)37-12-36-17/h3-4,7-9,15-16,21-24,27-31H,5-6,10-12H2,1-2H3. The molecule has 0 radical (unpaired) electrons. The first-order chi connectivity index (χ1) is 18.8. The SMILES string of the molecule is COc1cc(CC2C(=O)OCC2Cc2ccc3c(c2)OCO3)cc(OC2OC(CO)C(O)C(O)C2O)c1OC. The topological polar surface area (TPSA) is 163 Å². The van der Waals surface area contributed by atoms with Gasteiger partial charge in [-0.3, -0.25) is 4.79 Å². The fourth-order valence-electron chi connectivity index (χ4n) is 5.16. The third-order valence-corrected chi connectivity index (χ3v) is 7.30. The third-order valence-electron chi connectivity index (χ3n) is 7.30. The summed E-state index contributed by atoms with van der Waals surface area (Å²) in [6.07, 6.45) is -6.42. The van der Waals surface area contributed by atoms with Crippen LogP contribution < -0.4 is 23.7 Å². The number of hydrogen-bond donors (Lipinski definition) is 4. The highest BCUT2D eigenvalue weighted by Gasteiger charge is 2.45. The van der Waals surface area contributed by atoms with E-state index in [4.69, 9.17) is 33.2 Å². The monoisotopic (exact) mass is 548 g/mol. The Hall–Kier alpha value is -3.29. The molecule has 0 amide bonds. The molecule has 2 fully saturated rings. The van der Waals surface area contributed by atoms with Crippen molar-refractivity contribution in [2.45, 2.75) is 43.5 Å². The molecule has 3 heterocycles. The van der Waals surface area contributed by atoms with Crippen molar-refractivity contribution in [1.29, 1.82) is 0 Å². The minimum Gasteiger partial charge on any atom is -0.493 e. The minimum absolute atomic E-state index is 0.0965. The third kappa shape index (κ3) is 5.43. The fourth-order valence-corrected chi connectivity index (χ4v) is 5.16. The second-order valence-corrected chi connectivity index (χ2v) is 9.74. The zero-order chi connectivity index (χ0) is 27.7. The van der Waals surface area contributed by atoms with Crippen molar-refractivity contribution in [3.8, 4) is 28.7 Å². The number of rotatable bonds is 9. The van der Waals surface area contributed by atoms with Crippen LogP contribution in [-0.4, -0.2) is 91.3 Å². The Kier molecular flexibility index (Phi) is 8.01.